The summed E-state index contributed by atoms with van der Waals surface area (Å²) < 4.78 is 38.1. The number of halogens is 3. The summed E-state index contributed by atoms with van der Waals surface area (Å²) in [6.07, 6.45) is -0.959. The highest BCUT2D eigenvalue weighted by atomic mass is 19.4. The molecule has 1 fully saturated rings. The molecule has 0 unspecified atom stereocenters. The van der Waals surface area contributed by atoms with Crippen molar-refractivity contribution in [1.29, 1.82) is 0 Å². The van der Waals surface area contributed by atoms with Gasteiger partial charge >= 0.3 is 6.18 Å². The van der Waals surface area contributed by atoms with Crippen LogP contribution in [0.3, 0.4) is 0 Å². The zero-order valence-electron chi connectivity index (χ0n) is 18.5. The number of primary amides is 1. The third kappa shape index (κ3) is 7.14. The first-order valence-corrected chi connectivity index (χ1v) is 11.0. The van der Waals surface area contributed by atoms with E-state index in [1.807, 2.05) is 25.7 Å². The van der Waals surface area contributed by atoms with E-state index in [1.165, 1.54) is 12.1 Å². The van der Waals surface area contributed by atoms with Crippen LogP contribution in [0.1, 0.15) is 58.4 Å². The van der Waals surface area contributed by atoms with Gasteiger partial charge in [0.2, 0.25) is 11.8 Å². The van der Waals surface area contributed by atoms with Crippen molar-refractivity contribution in [3.63, 3.8) is 0 Å². The molecule has 0 radical (unpaired) electrons. The molecule has 1 heterocycles. The first-order chi connectivity index (χ1) is 14.5. The van der Waals surface area contributed by atoms with Gasteiger partial charge in [0.05, 0.1) is 5.56 Å². The molecule has 0 spiro atoms. The van der Waals surface area contributed by atoms with Crippen LogP contribution in [0.2, 0.25) is 0 Å². The number of alkyl halides is 3. The van der Waals surface area contributed by atoms with Gasteiger partial charge in [0.1, 0.15) is 0 Å². The summed E-state index contributed by atoms with van der Waals surface area (Å²) in [4.78, 5) is 27.1. The maximum Gasteiger partial charge on any atom is 0.416 e. The summed E-state index contributed by atoms with van der Waals surface area (Å²) in [6, 6.07) is 5.07. The number of nitrogens with two attached hydrogens (primary N) is 1. The standard InChI is InChI=1S/C23H34F3N3O2/c1-4-5-19(21(27)30)20(14-15(2)3)22(31)29-12-10-18(11-13-29)28-17-8-6-16(7-9-17)23(24,25)26/h6-9,15,18-20,28H,4-5,10-14H2,1-3H3,(H2,27,30)/t19-,20-/m1/s1. The van der Waals surface area contributed by atoms with Crippen molar-refractivity contribution < 1.29 is 22.8 Å². The summed E-state index contributed by atoms with van der Waals surface area (Å²) in [5, 5.41) is 3.26. The van der Waals surface area contributed by atoms with E-state index in [2.05, 4.69) is 5.32 Å². The van der Waals surface area contributed by atoms with E-state index < -0.39 is 29.5 Å². The van der Waals surface area contributed by atoms with Crippen LogP contribution in [0.5, 0.6) is 0 Å². The zero-order valence-corrected chi connectivity index (χ0v) is 18.5. The minimum atomic E-state index is -4.35. The third-order valence-electron chi connectivity index (χ3n) is 5.88. The second-order valence-electron chi connectivity index (χ2n) is 8.85. The minimum absolute atomic E-state index is 0.0149. The Morgan fingerprint density at radius 3 is 2.16 bits per heavy atom. The first kappa shape index (κ1) is 25.0. The second kappa shape index (κ2) is 10.9. The maximum absolute atomic E-state index is 13.2. The Hall–Kier alpha value is -2.25. The molecule has 1 saturated heterocycles. The summed E-state index contributed by atoms with van der Waals surface area (Å²) in [6.45, 7) is 7.13. The molecule has 2 atom stereocenters. The number of carbonyl (C=O) groups is 2. The predicted octanol–water partition coefficient (Wildman–Crippen LogP) is 4.67. The molecule has 2 amide bonds. The van der Waals surface area contributed by atoms with Crippen LogP contribution in [0.15, 0.2) is 24.3 Å². The summed E-state index contributed by atoms with van der Waals surface area (Å²) in [7, 11) is 0. The van der Waals surface area contributed by atoms with E-state index in [9.17, 15) is 22.8 Å². The van der Waals surface area contributed by atoms with Crippen LogP contribution in [-0.2, 0) is 15.8 Å². The Kier molecular flexibility index (Phi) is 8.77. The molecule has 1 aliphatic heterocycles. The van der Waals surface area contributed by atoms with Gasteiger partial charge in [0.25, 0.3) is 0 Å². The van der Waals surface area contributed by atoms with Crippen molar-refractivity contribution >= 4 is 17.5 Å². The molecule has 1 aliphatic rings. The fraction of sp³-hybridized carbons (Fsp3) is 0.652. The minimum Gasteiger partial charge on any atom is -0.382 e. The number of nitrogens with one attached hydrogen (secondary N) is 1. The van der Waals surface area contributed by atoms with Gasteiger partial charge in [0, 0.05) is 36.7 Å². The van der Waals surface area contributed by atoms with Crippen molar-refractivity contribution in [2.24, 2.45) is 23.5 Å². The second-order valence-corrected chi connectivity index (χ2v) is 8.85. The largest absolute Gasteiger partial charge is 0.416 e. The molecule has 0 aromatic heterocycles. The quantitative estimate of drug-likeness (QED) is 0.585. The van der Waals surface area contributed by atoms with Crippen LogP contribution >= 0.6 is 0 Å². The van der Waals surface area contributed by atoms with E-state index in [0.717, 1.165) is 18.6 Å². The van der Waals surface area contributed by atoms with Crippen LogP contribution in [0, 0.1) is 17.8 Å². The summed E-state index contributed by atoms with van der Waals surface area (Å²) in [5.41, 5.74) is 5.58. The molecule has 3 N–H and O–H groups in total. The molecule has 1 aromatic carbocycles. The van der Waals surface area contributed by atoms with Crippen LogP contribution in [0.25, 0.3) is 0 Å². The molecule has 1 aromatic rings. The number of anilines is 1. The Bertz CT molecular complexity index is 727. The van der Waals surface area contributed by atoms with Crippen molar-refractivity contribution in [3.05, 3.63) is 29.8 Å². The summed E-state index contributed by atoms with van der Waals surface area (Å²) >= 11 is 0. The lowest BCUT2D eigenvalue weighted by molar-refractivity contribution is -0.143. The number of benzene rings is 1. The molecule has 5 nitrogen and oxygen atoms in total. The average Bonchev–Trinajstić information content (AvgIpc) is 2.70. The molecule has 31 heavy (non-hydrogen) atoms. The summed E-state index contributed by atoms with van der Waals surface area (Å²) in [5.74, 6) is -1.02. The van der Waals surface area contributed by atoms with Gasteiger partial charge in [-0.3, -0.25) is 9.59 Å². The lowest BCUT2D eigenvalue weighted by Crippen LogP contribution is -2.48. The first-order valence-electron chi connectivity index (χ1n) is 11.0. The number of hydrogen-bond acceptors (Lipinski definition) is 3. The van der Waals surface area contributed by atoms with Crippen LogP contribution in [-0.4, -0.2) is 35.8 Å². The normalized spacial score (nSPS) is 17.5. The van der Waals surface area contributed by atoms with Crippen molar-refractivity contribution in [3.8, 4) is 0 Å². The number of piperidine rings is 1. The lowest BCUT2D eigenvalue weighted by Gasteiger charge is -2.37. The Morgan fingerprint density at radius 1 is 1.13 bits per heavy atom. The van der Waals surface area contributed by atoms with Crippen molar-refractivity contribution in [2.75, 3.05) is 18.4 Å². The lowest BCUT2D eigenvalue weighted by atomic mass is 9.81. The van der Waals surface area contributed by atoms with E-state index in [-0.39, 0.29) is 17.9 Å². The molecule has 174 valence electrons. The highest BCUT2D eigenvalue weighted by Gasteiger charge is 2.36. The molecule has 8 heteroatoms. The molecular weight excluding hydrogens is 407 g/mol. The van der Waals surface area contributed by atoms with E-state index in [0.29, 0.717) is 44.5 Å². The third-order valence-corrected chi connectivity index (χ3v) is 5.88. The Balaban J connectivity index is 1.97. The number of likely N-dealkylation sites (tertiary alicyclic amines) is 1. The molecule has 0 bridgehead atoms. The van der Waals surface area contributed by atoms with Gasteiger partial charge in [-0.05, 0) is 55.9 Å². The molecular formula is C23H34F3N3O2. The highest BCUT2D eigenvalue weighted by molar-refractivity contribution is 5.87. The van der Waals surface area contributed by atoms with Crippen LogP contribution < -0.4 is 11.1 Å². The number of rotatable bonds is 9. The van der Waals surface area contributed by atoms with Crippen molar-refractivity contribution in [2.45, 2.75) is 65.1 Å². The fourth-order valence-corrected chi connectivity index (χ4v) is 4.27. The monoisotopic (exact) mass is 441 g/mol. The Morgan fingerprint density at radius 2 is 1.71 bits per heavy atom. The maximum atomic E-state index is 13.2. The SMILES string of the molecule is CCC[C@@H](C(N)=O)[C@@H](CC(C)C)C(=O)N1CCC(Nc2ccc(C(F)(F)F)cc2)CC1. The average molecular weight is 442 g/mol. The van der Waals surface area contributed by atoms with Gasteiger partial charge in [-0.1, -0.05) is 27.2 Å². The van der Waals surface area contributed by atoms with E-state index >= 15 is 0 Å². The number of hydrogen-bond donors (Lipinski definition) is 2. The van der Waals surface area contributed by atoms with Crippen LogP contribution in [0.4, 0.5) is 18.9 Å². The van der Waals surface area contributed by atoms with Gasteiger partial charge < -0.3 is 16.0 Å². The topological polar surface area (TPSA) is 75.4 Å². The molecule has 0 aliphatic carbocycles. The van der Waals surface area contributed by atoms with Gasteiger partial charge in [0.15, 0.2) is 0 Å². The smallest absolute Gasteiger partial charge is 0.382 e. The molecule has 2 rings (SSSR count). The van der Waals surface area contributed by atoms with Gasteiger partial charge in [-0.2, -0.15) is 13.2 Å². The van der Waals surface area contributed by atoms with Crippen molar-refractivity contribution in [1.82, 2.24) is 4.90 Å². The Labute approximate surface area is 182 Å². The van der Waals surface area contributed by atoms with E-state index in [4.69, 9.17) is 5.73 Å². The fourth-order valence-electron chi connectivity index (χ4n) is 4.27. The zero-order chi connectivity index (χ0) is 23.2. The van der Waals surface area contributed by atoms with E-state index in [1.54, 1.807) is 0 Å². The molecule has 0 saturated carbocycles. The van der Waals surface area contributed by atoms with Gasteiger partial charge in [-0.15, -0.1) is 0 Å². The predicted molar refractivity (Wildman–Crippen MR) is 115 cm³/mol. The number of amides is 2. The highest BCUT2D eigenvalue weighted by Crippen LogP contribution is 2.31. The number of nitrogens with zero attached hydrogens (tertiary/aromatic N) is 1. The number of carbonyl (C=O) groups excluding carboxylic acids is 2. The van der Waals surface area contributed by atoms with Gasteiger partial charge in [-0.25, -0.2) is 0 Å².